The molecule has 1 saturated heterocycles. The van der Waals surface area contributed by atoms with Gasteiger partial charge in [0.05, 0.1) is 18.1 Å². The average Bonchev–Trinajstić information content (AvgIpc) is 2.82. The van der Waals surface area contributed by atoms with Crippen molar-refractivity contribution in [2.45, 2.75) is 51.1 Å². The topological polar surface area (TPSA) is 125 Å². The minimum Gasteiger partial charge on any atom is -0.378 e. The van der Waals surface area contributed by atoms with Crippen LogP contribution < -0.4 is 15.8 Å². The highest BCUT2D eigenvalue weighted by Crippen LogP contribution is 2.17. The summed E-state index contributed by atoms with van der Waals surface area (Å²) in [5.74, 6) is 0.330. The normalized spacial score (nSPS) is 14.6. The molecule has 0 aliphatic carbocycles. The van der Waals surface area contributed by atoms with Gasteiger partial charge in [0.25, 0.3) is 5.56 Å². The van der Waals surface area contributed by atoms with E-state index in [0.717, 1.165) is 5.56 Å². The SMILES string of the molecule is Cc1nc(N2CCOCC2)[nH]c(=O)c1CCC(=O)NCc1ccc(S(=O)(=O)N(C)C(C)C)cc1. The number of ether oxygens (including phenoxy) is 1. The number of hydrogen-bond donors (Lipinski definition) is 2. The summed E-state index contributed by atoms with van der Waals surface area (Å²) in [7, 11) is -2.00. The zero-order valence-corrected chi connectivity index (χ0v) is 20.9. The van der Waals surface area contributed by atoms with Crippen molar-refractivity contribution >= 4 is 21.9 Å². The molecule has 1 aliphatic heterocycles. The van der Waals surface area contributed by atoms with Gasteiger partial charge in [-0.15, -0.1) is 0 Å². The van der Waals surface area contributed by atoms with Gasteiger partial charge >= 0.3 is 0 Å². The first-order valence-electron chi connectivity index (χ1n) is 11.4. The van der Waals surface area contributed by atoms with Crippen molar-refractivity contribution < 1.29 is 17.9 Å². The van der Waals surface area contributed by atoms with E-state index in [4.69, 9.17) is 4.74 Å². The van der Waals surface area contributed by atoms with Gasteiger partial charge in [-0.1, -0.05) is 12.1 Å². The number of carbonyl (C=O) groups excluding carboxylic acids is 1. The third-order valence-corrected chi connectivity index (χ3v) is 7.99. The number of rotatable bonds is 9. The monoisotopic (exact) mass is 491 g/mol. The Labute approximate surface area is 200 Å². The van der Waals surface area contributed by atoms with Crippen LogP contribution in [0, 0.1) is 6.92 Å². The third-order valence-electron chi connectivity index (χ3n) is 5.94. The maximum absolute atomic E-state index is 12.6. The third kappa shape index (κ3) is 6.22. The smallest absolute Gasteiger partial charge is 0.255 e. The average molecular weight is 492 g/mol. The molecule has 0 bridgehead atoms. The summed E-state index contributed by atoms with van der Waals surface area (Å²) >= 11 is 0. The number of anilines is 1. The Bertz CT molecular complexity index is 1160. The van der Waals surface area contributed by atoms with E-state index in [2.05, 4.69) is 15.3 Å². The van der Waals surface area contributed by atoms with Gasteiger partial charge in [0.2, 0.25) is 21.9 Å². The number of H-pyrrole nitrogens is 1. The first-order valence-corrected chi connectivity index (χ1v) is 12.8. The van der Waals surface area contributed by atoms with E-state index >= 15 is 0 Å². The van der Waals surface area contributed by atoms with Gasteiger partial charge < -0.3 is 15.0 Å². The number of aromatic amines is 1. The summed E-state index contributed by atoms with van der Waals surface area (Å²) in [6.45, 7) is 8.20. The van der Waals surface area contributed by atoms with Crippen molar-refractivity contribution in [3.8, 4) is 0 Å². The lowest BCUT2D eigenvalue weighted by atomic mass is 10.1. The second-order valence-electron chi connectivity index (χ2n) is 8.59. The van der Waals surface area contributed by atoms with E-state index < -0.39 is 10.0 Å². The number of nitrogens with one attached hydrogen (secondary N) is 2. The summed E-state index contributed by atoms with van der Waals surface area (Å²) in [5.41, 5.74) is 1.66. The molecule has 34 heavy (non-hydrogen) atoms. The van der Waals surface area contributed by atoms with Gasteiger partial charge in [0.15, 0.2) is 0 Å². The molecule has 2 aromatic rings. The van der Waals surface area contributed by atoms with Crippen LogP contribution in [0.25, 0.3) is 0 Å². The Hall–Kier alpha value is -2.76. The van der Waals surface area contributed by atoms with Crippen LogP contribution in [0.3, 0.4) is 0 Å². The minimum atomic E-state index is -3.55. The Morgan fingerprint density at radius 2 is 1.88 bits per heavy atom. The van der Waals surface area contributed by atoms with E-state index in [9.17, 15) is 18.0 Å². The number of nitrogens with zero attached hydrogens (tertiary/aromatic N) is 3. The summed E-state index contributed by atoms with van der Waals surface area (Å²) in [6.07, 6.45) is 0.427. The van der Waals surface area contributed by atoms with Crippen molar-refractivity contribution in [3.05, 3.63) is 51.4 Å². The Balaban J connectivity index is 1.54. The van der Waals surface area contributed by atoms with Crippen LogP contribution in [0.2, 0.25) is 0 Å². The highest BCUT2D eigenvalue weighted by molar-refractivity contribution is 7.89. The Kier molecular flexibility index (Phi) is 8.45. The Morgan fingerprint density at radius 1 is 1.24 bits per heavy atom. The van der Waals surface area contributed by atoms with E-state index in [1.165, 1.54) is 4.31 Å². The molecule has 1 aromatic heterocycles. The van der Waals surface area contributed by atoms with Crippen molar-refractivity contribution in [1.82, 2.24) is 19.6 Å². The van der Waals surface area contributed by atoms with Crippen LogP contribution in [0.1, 0.15) is 37.1 Å². The number of hydrogen-bond acceptors (Lipinski definition) is 7. The van der Waals surface area contributed by atoms with E-state index in [1.54, 1.807) is 38.2 Å². The van der Waals surface area contributed by atoms with Crippen molar-refractivity contribution in [2.75, 3.05) is 38.3 Å². The molecule has 0 saturated carbocycles. The summed E-state index contributed by atoms with van der Waals surface area (Å²) in [4.78, 5) is 34.4. The number of amides is 1. The zero-order chi connectivity index (χ0) is 24.9. The predicted molar refractivity (Wildman–Crippen MR) is 129 cm³/mol. The number of sulfonamides is 1. The molecule has 2 N–H and O–H groups in total. The largest absolute Gasteiger partial charge is 0.378 e. The number of carbonyl (C=O) groups is 1. The van der Waals surface area contributed by atoms with Crippen molar-refractivity contribution in [3.63, 3.8) is 0 Å². The van der Waals surface area contributed by atoms with Crippen LogP contribution in [-0.4, -0.2) is 68.0 Å². The lowest BCUT2D eigenvalue weighted by molar-refractivity contribution is -0.121. The molecular weight excluding hydrogens is 458 g/mol. The molecule has 186 valence electrons. The number of aryl methyl sites for hydroxylation is 1. The predicted octanol–water partition coefficient (Wildman–Crippen LogP) is 1.19. The molecule has 1 aromatic carbocycles. The van der Waals surface area contributed by atoms with Crippen LogP contribution in [0.15, 0.2) is 34.0 Å². The molecule has 1 fully saturated rings. The number of aromatic nitrogens is 2. The van der Waals surface area contributed by atoms with Gasteiger partial charge in [-0.05, 0) is 44.9 Å². The van der Waals surface area contributed by atoms with Gasteiger partial charge in [-0.2, -0.15) is 4.31 Å². The molecule has 0 atom stereocenters. The lowest BCUT2D eigenvalue weighted by Crippen LogP contribution is -2.38. The van der Waals surface area contributed by atoms with Gasteiger partial charge in [0, 0.05) is 50.4 Å². The van der Waals surface area contributed by atoms with E-state index in [1.807, 2.05) is 18.7 Å². The van der Waals surface area contributed by atoms with E-state index in [0.29, 0.717) is 43.5 Å². The number of benzene rings is 1. The molecule has 1 aliphatic rings. The molecule has 2 heterocycles. The highest BCUT2D eigenvalue weighted by atomic mass is 32.2. The highest BCUT2D eigenvalue weighted by Gasteiger charge is 2.23. The summed E-state index contributed by atoms with van der Waals surface area (Å²) < 4.78 is 31.7. The van der Waals surface area contributed by atoms with E-state index in [-0.39, 0.29) is 41.8 Å². The van der Waals surface area contributed by atoms with Crippen LogP contribution in [0.4, 0.5) is 5.95 Å². The maximum atomic E-state index is 12.6. The van der Waals surface area contributed by atoms with Crippen molar-refractivity contribution in [2.24, 2.45) is 0 Å². The van der Waals surface area contributed by atoms with Gasteiger partial charge in [-0.25, -0.2) is 13.4 Å². The molecule has 11 heteroatoms. The maximum Gasteiger partial charge on any atom is 0.255 e. The first kappa shape index (κ1) is 25.9. The molecule has 0 radical (unpaired) electrons. The fraction of sp³-hybridized carbons (Fsp3) is 0.522. The second-order valence-corrected chi connectivity index (χ2v) is 10.6. The van der Waals surface area contributed by atoms with Crippen LogP contribution >= 0.6 is 0 Å². The van der Waals surface area contributed by atoms with Crippen LogP contribution in [-0.2, 0) is 32.5 Å². The first-order chi connectivity index (χ1) is 16.1. The van der Waals surface area contributed by atoms with Gasteiger partial charge in [-0.3, -0.25) is 14.6 Å². The Morgan fingerprint density at radius 3 is 2.47 bits per heavy atom. The fourth-order valence-corrected chi connectivity index (χ4v) is 4.93. The summed E-state index contributed by atoms with van der Waals surface area (Å²) in [5, 5.41) is 2.82. The second kappa shape index (κ2) is 11.1. The van der Waals surface area contributed by atoms with Crippen LogP contribution in [0.5, 0.6) is 0 Å². The molecule has 10 nitrogen and oxygen atoms in total. The zero-order valence-electron chi connectivity index (χ0n) is 20.1. The van der Waals surface area contributed by atoms with Gasteiger partial charge in [0.1, 0.15) is 0 Å². The standard InChI is InChI=1S/C23H33N5O5S/c1-16(2)27(4)34(31,32)19-7-5-18(6-8-19)15-24-21(29)10-9-20-17(3)25-23(26-22(20)30)28-11-13-33-14-12-28/h5-8,16H,9-15H2,1-4H3,(H,24,29)(H,25,26,30). The lowest BCUT2D eigenvalue weighted by Gasteiger charge is -2.27. The molecule has 1 amide bonds. The molecule has 0 unspecified atom stereocenters. The molecular formula is C23H33N5O5S. The fourth-order valence-electron chi connectivity index (χ4n) is 3.57. The molecule has 0 spiro atoms. The molecule has 3 rings (SSSR count). The summed E-state index contributed by atoms with van der Waals surface area (Å²) in [6, 6.07) is 6.31. The quantitative estimate of drug-likeness (QED) is 0.540. The van der Waals surface area contributed by atoms with Crippen molar-refractivity contribution in [1.29, 1.82) is 0 Å². The minimum absolute atomic E-state index is 0.147. The number of morpholine rings is 1.